The number of pyridine rings is 1. The van der Waals surface area contributed by atoms with Crippen molar-refractivity contribution in [3.8, 4) is 0 Å². The molecule has 0 aliphatic carbocycles. The maximum absolute atomic E-state index is 14.0. The highest BCUT2D eigenvalue weighted by molar-refractivity contribution is 5.42. The van der Waals surface area contributed by atoms with E-state index in [0.29, 0.717) is 11.7 Å². The van der Waals surface area contributed by atoms with Crippen LogP contribution in [0.4, 0.5) is 10.2 Å². The van der Waals surface area contributed by atoms with Crippen molar-refractivity contribution >= 4 is 5.82 Å². The molecule has 0 saturated carbocycles. The first-order valence-corrected chi connectivity index (χ1v) is 6.25. The van der Waals surface area contributed by atoms with Gasteiger partial charge in [0.15, 0.2) is 11.6 Å². The number of nitrogens with zero attached hydrogens (tertiary/aromatic N) is 2. The minimum absolute atomic E-state index is 0.284. The summed E-state index contributed by atoms with van der Waals surface area (Å²) in [5.74, 6) is 0.286. The average molecular weight is 254 g/mol. The highest BCUT2D eigenvalue weighted by Gasteiger charge is 2.19. The lowest BCUT2D eigenvalue weighted by atomic mass is 10.0. The molecular weight excluding hydrogens is 235 g/mol. The van der Waals surface area contributed by atoms with E-state index < -0.39 is 5.82 Å². The third-order valence-electron chi connectivity index (χ3n) is 3.27. The van der Waals surface area contributed by atoms with Crippen LogP contribution in [-0.4, -0.2) is 36.9 Å². The minimum atomic E-state index is -0.431. The van der Waals surface area contributed by atoms with Crippen LogP contribution in [-0.2, 0) is 11.3 Å². The summed E-state index contributed by atoms with van der Waals surface area (Å²) in [5.41, 5.74) is 0.284. The van der Waals surface area contributed by atoms with Crippen molar-refractivity contribution < 1.29 is 14.2 Å². The highest BCUT2D eigenvalue weighted by Crippen LogP contribution is 2.21. The average Bonchev–Trinajstić information content (AvgIpc) is 2.40. The first-order chi connectivity index (χ1) is 8.72. The van der Waals surface area contributed by atoms with Crippen LogP contribution in [0.5, 0.6) is 0 Å². The van der Waals surface area contributed by atoms with Crippen LogP contribution < -0.4 is 4.90 Å². The molecule has 1 aliphatic heterocycles. The van der Waals surface area contributed by atoms with E-state index >= 15 is 0 Å². The molecule has 0 spiro atoms. The quantitative estimate of drug-likeness (QED) is 0.886. The summed E-state index contributed by atoms with van der Waals surface area (Å²) in [5, 5.41) is 9.04. The van der Waals surface area contributed by atoms with Crippen molar-refractivity contribution in [2.24, 2.45) is 5.92 Å². The second kappa shape index (κ2) is 6.11. The summed E-state index contributed by atoms with van der Waals surface area (Å²) in [6, 6.07) is 1.50. The Morgan fingerprint density at radius 2 is 2.44 bits per heavy atom. The van der Waals surface area contributed by atoms with Crippen LogP contribution in [0.1, 0.15) is 18.4 Å². The number of hydrogen-bond donors (Lipinski definition) is 1. The lowest BCUT2D eigenvalue weighted by Gasteiger charge is -2.28. The molecule has 0 aromatic carbocycles. The largest absolute Gasteiger partial charge is 0.392 e. The van der Waals surface area contributed by atoms with Gasteiger partial charge in [0.05, 0.1) is 13.2 Å². The Labute approximate surface area is 106 Å². The SMILES string of the molecule is CN(CC1CCCOC1)c1nccc(CO)c1F. The zero-order valence-corrected chi connectivity index (χ0v) is 10.6. The Bertz CT molecular complexity index is 395. The fraction of sp³-hybridized carbons (Fsp3) is 0.615. The normalized spacial score (nSPS) is 19.8. The van der Waals surface area contributed by atoms with Crippen molar-refractivity contribution in [1.82, 2.24) is 4.98 Å². The summed E-state index contributed by atoms with van der Waals surface area (Å²) < 4.78 is 19.4. The second-order valence-electron chi connectivity index (χ2n) is 4.73. The van der Waals surface area contributed by atoms with E-state index in [1.54, 1.807) is 4.90 Å². The van der Waals surface area contributed by atoms with Crippen molar-refractivity contribution in [3.05, 3.63) is 23.6 Å². The molecule has 1 aromatic heterocycles. The van der Waals surface area contributed by atoms with E-state index in [4.69, 9.17) is 9.84 Å². The Hall–Kier alpha value is -1.20. The van der Waals surface area contributed by atoms with Crippen molar-refractivity contribution in [2.75, 3.05) is 31.7 Å². The molecule has 1 N–H and O–H groups in total. The van der Waals surface area contributed by atoms with E-state index in [1.165, 1.54) is 12.3 Å². The Kier molecular flexibility index (Phi) is 4.49. The molecule has 1 atom stereocenters. The van der Waals surface area contributed by atoms with Gasteiger partial charge in [0.2, 0.25) is 0 Å². The molecule has 2 rings (SSSR count). The van der Waals surface area contributed by atoms with Crippen molar-refractivity contribution in [1.29, 1.82) is 0 Å². The lowest BCUT2D eigenvalue weighted by molar-refractivity contribution is 0.0575. The van der Waals surface area contributed by atoms with Gasteiger partial charge in [-0.25, -0.2) is 9.37 Å². The van der Waals surface area contributed by atoms with E-state index in [0.717, 1.165) is 32.6 Å². The standard InChI is InChI=1S/C13H19FN2O2/c1-16(7-10-3-2-6-18-9-10)13-12(14)11(8-17)4-5-15-13/h4-5,10,17H,2-3,6-9H2,1H3. The molecule has 100 valence electrons. The number of halogens is 1. The van der Waals surface area contributed by atoms with Gasteiger partial charge in [-0.1, -0.05) is 0 Å². The first kappa shape index (κ1) is 13.2. The molecule has 1 aromatic rings. The molecule has 0 bridgehead atoms. The number of aliphatic hydroxyl groups excluding tert-OH is 1. The van der Waals surface area contributed by atoms with Crippen LogP contribution in [0, 0.1) is 11.7 Å². The summed E-state index contributed by atoms with van der Waals surface area (Å²) in [6.07, 6.45) is 3.69. The fourth-order valence-electron chi connectivity index (χ4n) is 2.28. The smallest absolute Gasteiger partial charge is 0.171 e. The maximum atomic E-state index is 14.0. The number of aromatic nitrogens is 1. The van der Waals surface area contributed by atoms with Gasteiger partial charge in [0.25, 0.3) is 0 Å². The van der Waals surface area contributed by atoms with Crippen LogP contribution in [0.2, 0.25) is 0 Å². The highest BCUT2D eigenvalue weighted by atomic mass is 19.1. The summed E-state index contributed by atoms with van der Waals surface area (Å²) in [6.45, 7) is 1.97. The molecule has 0 amide bonds. The van der Waals surface area contributed by atoms with Gasteiger partial charge in [-0.05, 0) is 24.8 Å². The van der Waals surface area contributed by atoms with Crippen LogP contribution in [0.15, 0.2) is 12.3 Å². The molecule has 1 fully saturated rings. The molecule has 1 aliphatic rings. The third kappa shape index (κ3) is 2.97. The molecule has 2 heterocycles. The van der Waals surface area contributed by atoms with Crippen molar-refractivity contribution in [3.63, 3.8) is 0 Å². The Balaban J connectivity index is 2.05. The topological polar surface area (TPSA) is 45.6 Å². The predicted molar refractivity (Wildman–Crippen MR) is 66.9 cm³/mol. The molecule has 1 unspecified atom stereocenters. The van der Waals surface area contributed by atoms with E-state index in [2.05, 4.69) is 4.98 Å². The fourth-order valence-corrected chi connectivity index (χ4v) is 2.28. The van der Waals surface area contributed by atoms with E-state index in [-0.39, 0.29) is 12.2 Å². The summed E-state index contributed by atoms with van der Waals surface area (Å²) in [7, 11) is 1.82. The Morgan fingerprint density at radius 3 is 3.11 bits per heavy atom. The molecule has 5 heteroatoms. The van der Waals surface area contributed by atoms with Gasteiger partial charge in [-0.15, -0.1) is 0 Å². The molecule has 18 heavy (non-hydrogen) atoms. The predicted octanol–water partition coefficient (Wildman–Crippen LogP) is 1.58. The zero-order chi connectivity index (χ0) is 13.0. The summed E-state index contributed by atoms with van der Waals surface area (Å²) >= 11 is 0. The number of rotatable bonds is 4. The summed E-state index contributed by atoms with van der Waals surface area (Å²) in [4.78, 5) is 5.85. The van der Waals surface area contributed by atoms with Crippen LogP contribution >= 0.6 is 0 Å². The number of anilines is 1. The van der Waals surface area contributed by atoms with Gasteiger partial charge in [0.1, 0.15) is 0 Å². The van der Waals surface area contributed by atoms with Gasteiger partial charge < -0.3 is 14.7 Å². The number of hydrogen-bond acceptors (Lipinski definition) is 4. The van der Waals surface area contributed by atoms with Crippen LogP contribution in [0.25, 0.3) is 0 Å². The molecular formula is C13H19FN2O2. The molecule has 4 nitrogen and oxygen atoms in total. The number of ether oxygens (including phenoxy) is 1. The monoisotopic (exact) mass is 254 g/mol. The molecule has 0 radical (unpaired) electrons. The van der Waals surface area contributed by atoms with E-state index in [1.807, 2.05) is 7.05 Å². The second-order valence-corrected chi connectivity index (χ2v) is 4.73. The minimum Gasteiger partial charge on any atom is -0.392 e. The van der Waals surface area contributed by atoms with Crippen LogP contribution in [0.3, 0.4) is 0 Å². The van der Waals surface area contributed by atoms with Gasteiger partial charge in [-0.2, -0.15) is 0 Å². The molecule has 1 saturated heterocycles. The third-order valence-corrected chi connectivity index (χ3v) is 3.27. The maximum Gasteiger partial charge on any atom is 0.171 e. The zero-order valence-electron chi connectivity index (χ0n) is 10.6. The number of aliphatic hydroxyl groups is 1. The van der Waals surface area contributed by atoms with Gasteiger partial charge in [0, 0.05) is 32.0 Å². The first-order valence-electron chi connectivity index (χ1n) is 6.25. The Morgan fingerprint density at radius 1 is 1.61 bits per heavy atom. The van der Waals surface area contributed by atoms with Gasteiger partial charge >= 0.3 is 0 Å². The van der Waals surface area contributed by atoms with Crippen molar-refractivity contribution in [2.45, 2.75) is 19.4 Å². The van der Waals surface area contributed by atoms with Gasteiger partial charge in [-0.3, -0.25) is 0 Å². The van der Waals surface area contributed by atoms with E-state index in [9.17, 15) is 4.39 Å². The lowest BCUT2D eigenvalue weighted by Crippen LogP contribution is -2.32.